The number of benzene rings is 3. The molecule has 0 atom stereocenters. The lowest BCUT2D eigenvalue weighted by atomic mass is 10.1. The molecule has 0 bridgehead atoms. The number of ether oxygens (including phenoxy) is 3. The summed E-state index contributed by atoms with van der Waals surface area (Å²) in [5.74, 6) is 2.33. The van der Waals surface area contributed by atoms with Crippen molar-refractivity contribution in [2.24, 2.45) is 0 Å². The van der Waals surface area contributed by atoms with E-state index in [-0.39, 0.29) is 0 Å². The molecule has 0 aliphatic heterocycles. The van der Waals surface area contributed by atoms with Crippen LogP contribution < -0.4 is 19.5 Å². The molecule has 1 N–H and O–H groups in total. The van der Waals surface area contributed by atoms with Gasteiger partial charge in [0.2, 0.25) is 0 Å². The molecule has 6 heteroatoms. The molecule has 0 spiro atoms. The first-order valence-corrected chi connectivity index (χ1v) is 11.4. The first-order chi connectivity index (χ1) is 15.1. The fourth-order valence-corrected chi connectivity index (χ4v) is 3.87. The largest absolute Gasteiger partial charge is 0.496 e. The van der Waals surface area contributed by atoms with Crippen LogP contribution in [0.25, 0.3) is 0 Å². The van der Waals surface area contributed by atoms with Crippen molar-refractivity contribution in [1.29, 1.82) is 0 Å². The summed E-state index contributed by atoms with van der Waals surface area (Å²) in [6, 6.07) is 19.7. The summed E-state index contributed by atoms with van der Waals surface area (Å²) in [6.45, 7) is 4.45. The van der Waals surface area contributed by atoms with Crippen molar-refractivity contribution >= 4 is 27.5 Å². The quantitative estimate of drug-likeness (QED) is 0.306. The molecule has 0 unspecified atom stereocenters. The molecule has 0 aliphatic rings. The van der Waals surface area contributed by atoms with E-state index in [1.165, 1.54) is 5.56 Å². The van der Waals surface area contributed by atoms with Crippen LogP contribution in [0.3, 0.4) is 0 Å². The zero-order valence-electron chi connectivity index (χ0n) is 17.8. The third-order valence-electron chi connectivity index (χ3n) is 4.83. The summed E-state index contributed by atoms with van der Waals surface area (Å²) in [5.41, 5.74) is 3.23. The Morgan fingerprint density at radius 2 is 1.58 bits per heavy atom. The molecule has 0 amide bonds. The van der Waals surface area contributed by atoms with E-state index in [2.05, 4.69) is 27.3 Å². The molecule has 31 heavy (non-hydrogen) atoms. The van der Waals surface area contributed by atoms with E-state index in [1.807, 2.05) is 61.5 Å². The van der Waals surface area contributed by atoms with Crippen molar-refractivity contribution in [1.82, 2.24) is 5.32 Å². The highest BCUT2D eigenvalue weighted by atomic mass is 79.9. The van der Waals surface area contributed by atoms with E-state index < -0.39 is 0 Å². The lowest BCUT2D eigenvalue weighted by molar-refractivity contribution is 0.269. The van der Waals surface area contributed by atoms with Gasteiger partial charge in [0, 0.05) is 21.6 Å². The van der Waals surface area contributed by atoms with Gasteiger partial charge in [-0.15, -0.1) is 0 Å². The zero-order valence-corrected chi connectivity index (χ0v) is 20.1. The van der Waals surface area contributed by atoms with Crippen LogP contribution in [-0.2, 0) is 19.6 Å². The molecule has 3 aromatic carbocycles. The van der Waals surface area contributed by atoms with Gasteiger partial charge in [-0.1, -0.05) is 63.9 Å². The molecule has 3 rings (SSSR count). The SMILES string of the molecule is CCOc1cc(CNCCc2ccccc2OC)c(Br)cc1OCc1ccccc1Cl. The Hall–Kier alpha value is -2.21. The maximum atomic E-state index is 6.25. The highest BCUT2D eigenvalue weighted by Gasteiger charge is 2.12. The summed E-state index contributed by atoms with van der Waals surface area (Å²) >= 11 is 9.92. The number of methoxy groups -OCH3 is 1. The Morgan fingerprint density at radius 1 is 0.871 bits per heavy atom. The highest BCUT2D eigenvalue weighted by molar-refractivity contribution is 9.10. The lowest BCUT2D eigenvalue weighted by Crippen LogP contribution is -2.17. The minimum absolute atomic E-state index is 0.378. The van der Waals surface area contributed by atoms with Crippen LogP contribution in [0.15, 0.2) is 65.1 Å². The molecule has 0 heterocycles. The van der Waals surface area contributed by atoms with E-state index in [0.29, 0.717) is 30.5 Å². The van der Waals surface area contributed by atoms with Crippen LogP contribution in [-0.4, -0.2) is 20.3 Å². The van der Waals surface area contributed by atoms with E-state index in [9.17, 15) is 0 Å². The Morgan fingerprint density at radius 3 is 2.32 bits per heavy atom. The van der Waals surface area contributed by atoms with Gasteiger partial charge in [0.15, 0.2) is 11.5 Å². The standard InChI is InChI=1S/C25H27BrClNO3/c1-3-30-24-14-20(16-28-13-12-18-8-5-7-11-23(18)29-2)21(26)15-25(24)31-17-19-9-4-6-10-22(19)27/h4-11,14-15,28H,3,12-13,16-17H2,1-2H3. The number of halogens is 2. The second-order valence-corrected chi connectivity index (χ2v) is 8.20. The molecular weight excluding hydrogens is 478 g/mol. The van der Waals surface area contributed by atoms with Gasteiger partial charge in [-0.05, 0) is 55.3 Å². The van der Waals surface area contributed by atoms with Crippen LogP contribution >= 0.6 is 27.5 Å². The predicted octanol–water partition coefficient (Wildman–Crippen LogP) is 6.42. The van der Waals surface area contributed by atoms with Crippen molar-refractivity contribution in [2.75, 3.05) is 20.3 Å². The molecule has 0 fully saturated rings. The van der Waals surface area contributed by atoms with Crippen molar-refractivity contribution in [3.8, 4) is 17.2 Å². The molecule has 0 saturated heterocycles. The van der Waals surface area contributed by atoms with Gasteiger partial charge in [0.25, 0.3) is 0 Å². The summed E-state index contributed by atoms with van der Waals surface area (Å²) in [6.07, 6.45) is 0.888. The number of nitrogens with one attached hydrogen (secondary N) is 1. The normalized spacial score (nSPS) is 10.7. The average Bonchev–Trinajstić information content (AvgIpc) is 2.78. The van der Waals surface area contributed by atoms with Crippen LogP contribution in [0.5, 0.6) is 17.2 Å². The molecule has 0 radical (unpaired) electrons. The van der Waals surface area contributed by atoms with Gasteiger partial charge in [-0.25, -0.2) is 0 Å². The van der Waals surface area contributed by atoms with E-state index in [4.69, 9.17) is 25.8 Å². The summed E-state index contributed by atoms with van der Waals surface area (Å²) in [5, 5.41) is 4.19. The number of para-hydroxylation sites is 1. The fraction of sp³-hybridized carbons (Fsp3) is 0.280. The topological polar surface area (TPSA) is 39.7 Å². The summed E-state index contributed by atoms with van der Waals surface area (Å²) < 4.78 is 18.3. The van der Waals surface area contributed by atoms with Crippen molar-refractivity contribution in [2.45, 2.75) is 26.5 Å². The molecular formula is C25H27BrClNO3. The van der Waals surface area contributed by atoms with E-state index in [0.717, 1.165) is 40.1 Å². The summed E-state index contributed by atoms with van der Waals surface area (Å²) in [7, 11) is 1.70. The maximum Gasteiger partial charge on any atom is 0.162 e. The molecule has 3 aromatic rings. The Kier molecular flexibility index (Phi) is 9.07. The smallest absolute Gasteiger partial charge is 0.162 e. The number of hydrogen-bond acceptors (Lipinski definition) is 4. The van der Waals surface area contributed by atoms with Crippen LogP contribution in [0.1, 0.15) is 23.6 Å². The van der Waals surface area contributed by atoms with Crippen molar-refractivity contribution in [3.63, 3.8) is 0 Å². The first-order valence-electron chi connectivity index (χ1n) is 10.3. The van der Waals surface area contributed by atoms with Gasteiger partial charge in [0.1, 0.15) is 12.4 Å². The van der Waals surface area contributed by atoms with Crippen LogP contribution in [0.2, 0.25) is 5.02 Å². The van der Waals surface area contributed by atoms with Crippen LogP contribution in [0.4, 0.5) is 0 Å². The van der Waals surface area contributed by atoms with Gasteiger partial charge >= 0.3 is 0 Å². The first kappa shape index (κ1) is 23.5. The lowest BCUT2D eigenvalue weighted by Gasteiger charge is -2.16. The van der Waals surface area contributed by atoms with Gasteiger partial charge in [0.05, 0.1) is 13.7 Å². The monoisotopic (exact) mass is 503 g/mol. The predicted molar refractivity (Wildman–Crippen MR) is 129 cm³/mol. The highest BCUT2D eigenvalue weighted by Crippen LogP contribution is 2.35. The maximum absolute atomic E-state index is 6.25. The Balaban J connectivity index is 1.63. The number of hydrogen-bond donors (Lipinski definition) is 1. The van der Waals surface area contributed by atoms with Crippen molar-refractivity contribution in [3.05, 3.63) is 86.8 Å². The molecule has 164 valence electrons. The minimum atomic E-state index is 0.378. The summed E-state index contributed by atoms with van der Waals surface area (Å²) in [4.78, 5) is 0. The average molecular weight is 505 g/mol. The van der Waals surface area contributed by atoms with Gasteiger partial charge in [-0.2, -0.15) is 0 Å². The second kappa shape index (κ2) is 12.0. The van der Waals surface area contributed by atoms with E-state index >= 15 is 0 Å². The molecule has 0 aliphatic carbocycles. The molecule has 0 saturated carbocycles. The van der Waals surface area contributed by atoms with Gasteiger partial charge in [-0.3, -0.25) is 0 Å². The van der Waals surface area contributed by atoms with Crippen molar-refractivity contribution < 1.29 is 14.2 Å². The number of rotatable bonds is 11. The van der Waals surface area contributed by atoms with E-state index in [1.54, 1.807) is 7.11 Å². The zero-order chi connectivity index (χ0) is 22.1. The fourth-order valence-electron chi connectivity index (χ4n) is 3.22. The third kappa shape index (κ3) is 6.63. The Bertz CT molecular complexity index is 996. The Labute approximate surface area is 197 Å². The third-order valence-corrected chi connectivity index (χ3v) is 5.94. The minimum Gasteiger partial charge on any atom is -0.496 e. The van der Waals surface area contributed by atoms with Gasteiger partial charge < -0.3 is 19.5 Å². The molecule has 0 aromatic heterocycles. The van der Waals surface area contributed by atoms with Crippen LogP contribution in [0, 0.1) is 0 Å². The molecule has 4 nitrogen and oxygen atoms in total. The second-order valence-electron chi connectivity index (χ2n) is 6.94.